The van der Waals surface area contributed by atoms with Gasteiger partial charge in [-0.2, -0.15) is 5.26 Å². The second kappa shape index (κ2) is 7.40. The summed E-state index contributed by atoms with van der Waals surface area (Å²) in [6.07, 6.45) is 2.86. The summed E-state index contributed by atoms with van der Waals surface area (Å²) in [5.74, 6) is -2.17. The van der Waals surface area contributed by atoms with Crippen molar-refractivity contribution in [1.82, 2.24) is 4.98 Å². The number of nitrogens with one attached hydrogen (secondary N) is 2. The lowest BCUT2D eigenvalue weighted by Crippen LogP contribution is -2.13. The Balaban J connectivity index is 1.75. The Hall–Kier alpha value is -3.79. The Kier molecular flexibility index (Phi) is 4.85. The Morgan fingerprint density at radius 1 is 1.00 bits per heavy atom. The van der Waals surface area contributed by atoms with E-state index in [1.54, 1.807) is 30.3 Å². The Morgan fingerprint density at radius 3 is 2.46 bits per heavy atom. The van der Waals surface area contributed by atoms with Crippen molar-refractivity contribution < 1.29 is 13.6 Å². The highest BCUT2D eigenvalue weighted by Crippen LogP contribution is 2.19. The van der Waals surface area contributed by atoms with E-state index in [0.717, 1.165) is 12.1 Å². The molecule has 5 nitrogen and oxygen atoms in total. The minimum Gasteiger partial charge on any atom is -0.354 e. The van der Waals surface area contributed by atoms with Crippen LogP contribution >= 0.6 is 0 Å². The molecule has 0 aliphatic heterocycles. The number of nitriles is 1. The molecule has 0 bridgehead atoms. The predicted octanol–water partition coefficient (Wildman–Crippen LogP) is 4.23. The minimum atomic E-state index is -0.863. The van der Waals surface area contributed by atoms with E-state index in [1.807, 2.05) is 6.07 Å². The third-order valence-electron chi connectivity index (χ3n) is 3.48. The third kappa shape index (κ3) is 3.99. The standard InChI is InChI=1S/C19H12F2N4O/c20-14-3-6-18(17(21)8-14)25-19(26)13-7-16(11-23-10-13)24-15-4-1-12(9-22)2-5-15/h1-8,10-11,24H,(H,25,26). The van der Waals surface area contributed by atoms with Crippen LogP contribution in [0.4, 0.5) is 25.8 Å². The molecule has 0 atom stereocenters. The zero-order valence-corrected chi connectivity index (χ0v) is 13.3. The SMILES string of the molecule is N#Cc1ccc(Nc2cncc(C(=O)Nc3ccc(F)cc3F)c2)cc1. The van der Waals surface area contributed by atoms with E-state index in [9.17, 15) is 13.6 Å². The van der Waals surface area contributed by atoms with Crippen LogP contribution in [0.1, 0.15) is 15.9 Å². The van der Waals surface area contributed by atoms with Gasteiger partial charge in [0.05, 0.1) is 34.8 Å². The summed E-state index contributed by atoms with van der Waals surface area (Å²) >= 11 is 0. The summed E-state index contributed by atoms with van der Waals surface area (Å²) in [5, 5.41) is 14.2. The molecule has 3 aromatic rings. The summed E-state index contributed by atoms with van der Waals surface area (Å²) in [5.41, 5.74) is 1.87. The number of aromatic nitrogens is 1. The lowest BCUT2D eigenvalue weighted by atomic mass is 10.2. The van der Waals surface area contributed by atoms with E-state index in [0.29, 0.717) is 23.0 Å². The number of nitrogens with zero attached hydrogens (tertiary/aromatic N) is 2. The van der Waals surface area contributed by atoms with Gasteiger partial charge in [0, 0.05) is 18.0 Å². The fraction of sp³-hybridized carbons (Fsp3) is 0. The van der Waals surface area contributed by atoms with Crippen molar-refractivity contribution in [1.29, 1.82) is 5.26 Å². The number of carbonyl (C=O) groups excluding carboxylic acids is 1. The van der Waals surface area contributed by atoms with Crippen LogP contribution in [0.5, 0.6) is 0 Å². The van der Waals surface area contributed by atoms with Gasteiger partial charge in [-0.05, 0) is 42.5 Å². The van der Waals surface area contributed by atoms with Gasteiger partial charge in [0.2, 0.25) is 0 Å². The molecule has 1 amide bonds. The van der Waals surface area contributed by atoms with Gasteiger partial charge in [-0.15, -0.1) is 0 Å². The van der Waals surface area contributed by atoms with Crippen molar-refractivity contribution in [2.24, 2.45) is 0 Å². The maximum Gasteiger partial charge on any atom is 0.257 e. The predicted molar refractivity (Wildman–Crippen MR) is 93.0 cm³/mol. The molecule has 1 heterocycles. The highest BCUT2D eigenvalue weighted by Gasteiger charge is 2.11. The number of benzene rings is 2. The fourth-order valence-electron chi connectivity index (χ4n) is 2.21. The van der Waals surface area contributed by atoms with Crippen LogP contribution in [0.15, 0.2) is 60.9 Å². The van der Waals surface area contributed by atoms with Crippen LogP contribution in [0.25, 0.3) is 0 Å². The van der Waals surface area contributed by atoms with Crippen LogP contribution in [-0.4, -0.2) is 10.9 Å². The number of hydrogen-bond acceptors (Lipinski definition) is 4. The zero-order valence-electron chi connectivity index (χ0n) is 13.3. The number of halogens is 2. The second-order valence-electron chi connectivity index (χ2n) is 5.35. The first-order valence-electron chi connectivity index (χ1n) is 7.54. The first-order valence-corrected chi connectivity index (χ1v) is 7.54. The molecule has 0 unspecified atom stereocenters. The minimum absolute atomic E-state index is 0.123. The van der Waals surface area contributed by atoms with Gasteiger partial charge in [-0.3, -0.25) is 9.78 Å². The molecule has 3 rings (SSSR count). The number of hydrogen-bond donors (Lipinski definition) is 2. The van der Waals surface area contributed by atoms with Crippen molar-refractivity contribution in [3.05, 3.63) is 83.7 Å². The molecule has 0 aliphatic rings. The molecule has 0 fully saturated rings. The van der Waals surface area contributed by atoms with Crippen LogP contribution in [0.2, 0.25) is 0 Å². The first kappa shape index (κ1) is 17.0. The molecule has 0 aliphatic carbocycles. The molecule has 0 saturated carbocycles. The quantitative estimate of drug-likeness (QED) is 0.738. The normalized spacial score (nSPS) is 10.0. The summed E-state index contributed by atoms with van der Waals surface area (Å²) < 4.78 is 26.6. The van der Waals surface area contributed by atoms with Gasteiger partial charge >= 0.3 is 0 Å². The Morgan fingerprint density at radius 2 is 1.77 bits per heavy atom. The summed E-state index contributed by atoms with van der Waals surface area (Å²) in [7, 11) is 0. The molecule has 0 radical (unpaired) electrons. The summed E-state index contributed by atoms with van der Waals surface area (Å²) in [6, 6.07) is 13.2. The van der Waals surface area contributed by atoms with Crippen molar-refractivity contribution in [3.8, 4) is 6.07 Å². The second-order valence-corrected chi connectivity index (χ2v) is 5.35. The van der Waals surface area contributed by atoms with Crippen LogP contribution in [0.3, 0.4) is 0 Å². The van der Waals surface area contributed by atoms with E-state index in [-0.39, 0.29) is 11.3 Å². The molecular weight excluding hydrogens is 338 g/mol. The molecule has 0 spiro atoms. The van der Waals surface area contributed by atoms with E-state index in [2.05, 4.69) is 15.6 Å². The van der Waals surface area contributed by atoms with Crippen LogP contribution < -0.4 is 10.6 Å². The van der Waals surface area contributed by atoms with Gasteiger partial charge in [-0.25, -0.2) is 8.78 Å². The topological polar surface area (TPSA) is 77.8 Å². The summed E-state index contributed by atoms with van der Waals surface area (Å²) in [6.45, 7) is 0. The van der Waals surface area contributed by atoms with Gasteiger partial charge in [0.1, 0.15) is 11.6 Å². The lowest BCUT2D eigenvalue weighted by Gasteiger charge is -2.09. The van der Waals surface area contributed by atoms with E-state index in [1.165, 1.54) is 12.4 Å². The maximum absolute atomic E-state index is 13.6. The van der Waals surface area contributed by atoms with Crippen molar-refractivity contribution in [3.63, 3.8) is 0 Å². The van der Waals surface area contributed by atoms with Crippen LogP contribution in [-0.2, 0) is 0 Å². The smallest absolute Gasteiger partial charge is 0.257 e. The highest BCUT2D eigenvalue weighted by molar-refractivity contribution is 6.04. The average Bonchev–Trinajstić information content (AvgIpc) is 2.65. The number of rotatable bonds is 4. The zero-order chi connectivity index (χ0) is 18.5. The van der Waals surface area contributed by atoms with Gasteiger partial charge in [0.25, 0.3) is 5.91 Å². The molecule has 26 heavy (non-hydrogen) atoms. The highest BCUT2D eigenvalue weighted by atomic mass is 19.1. The first-order chi connectivity index (χ1) is 12.5. The molecule has 2 N–H and O–H groups in total. The largest absolute Gasteiger partial charge is 0.354 e. The van der Waals surface area contributed by atoms with Crippen molar-refractivity contribution in [2.45, 2.75) is 0 Å². The molecule has 0 saturated heterocycles. The van der Waals surface area contributed by atoms with Crippen molar-refractivity contribution in [2.75, 3.05) is 10.6 Å². The Bertz CT molecular complexity index is 997. The van der Waals surface area contributed by atoms with E-state index in [4.69, 9.17) is 5.26 Å². The van der Waals surface area contributed by atoms with Crippen molar-refractivity contribution >= 4 is 23.0 Å². The summed E-state index contributed by atoms with van der Waals surface area (Å²) in [4.78, 5) is 16.2. The monoisotopic (exact) mass is 350 g/mol. The number of carbonyl (C=O) groups is 1. The lowest BCUT2D eigenvalue weighted by molar-refractivity contribution is 0.102. The third-order valence-corrected chi connectivity index (χ3v) is 3.48. The fourth-order valence-corrected chi connectivity index (χ4v) is 2.21. The number of amides is 1. The molecule has 7 heteroatoms. The van der Waals surface area contributed by atoms with Gasteiger partial charge in [0.15, 0.2) is 0 Å². The van der Waals surface area contributed by atoms with Crippen LogP contribution in [0, 0.1) is 23.0 Å². The maximum atomic E-state index is 13.6. The van der Waals surface area contributed by atoms with Gasteiger partial charge in [-0.1, -0.05) is 0 Å². The van der Waals surface area contributed by atoms with E-state index < -0.39 is 17.5 Å². The Labute approximate surface area is 147 Å². The molecule has 1 aromatic heterocycles. The molecule has 128 valence electrons. The van der Waals surface area contributed by atoms with Gasteiger partial charge < -0.3 is 10.6 Å². The number of pyridine rings is 1. The van der Waals surface area contributed by atoms with E-state index >= 15 is 0 Å². The molecular formula is C19H12F2N4O. The number of anilines is 3. The molecule has 2 aromatic carbocycles. The average molecular weight is 350 g/mol.